The third kappa shape index (κ3) is 2.80. The third-order valence-electron chi connectivity index (χ3n) is 4.21. The summed E-state index contributed by atoms with van der Waals surface area (Å²) in [4.78, 5) is 0. The summed E-state index contributed by atoms with van der Waals surface area (Å²) in [6.07, 6.45) is 0. The highest BCUT2D eigenvalue weighted by Crippen LogP contribution is 2.36. The number of benzene rings is 3. The van der Waals surface area contributed by atoms with Crippen molar-refractivity contribution in [2.24, 2.45) is 5.92 Å². The molecule has 0 aliphatic heterocycles. The molecule has 1 atom stereocenters. The molecule has 0 radical (unpaired) electrons. The maximum atomic E-state index is 9.47. The minimum Gasteiger partial charge on any atom is -0.197 e. The van der Waals surface area contributed by atoms with E-state index in [-0.39, 0.29) is 5.92 Å². The first kappa shape index (κ1) is 14.8. The van der Waals surface area contributed by atoms with Gasteiger partial charge in [-0.25, -0.2) is 0 Å². The molecule has 0 amide bonds. The van der Waals surface area contributed by atoms with Crippen molar-refractivity contribution in [2.45, 2.75) is 12.8 Å². The molecule has 2 nitrogen and oxygen atoms in total. The summed E-state index contributed by atoms with van der Waals surface area (Å²) in [5.74, 6) is -0.972. The number of fused-ring (bicyclic) bond motifs is 1. The second kappa shape index (κ2) is 6.34. The maximum Gasteiger partial charge on any atom is 0.144 e. The first-order chi connectivity index (χ1) is 11.2. The Morgan fingerprint density at radius 1 is 0.783 bits per heavy atom. The van der Waals surface area contributed by atoms with Crippen LogP contribution in [-0.2, 0) is 0 Å². The molecule has 23 heavy (non-hydrogen) atoms. The van der Waals surface area contributed by atoms with Crippen LogP contribution in [0.1, 0.15) is 22.6 Å². The Morgan fingerprint density at radius 2 is 1.43 bits per heavy atom. The van der Waals surface area contributed by atoms with Gasteiger partial charge in [0.15, 0.2) is 0 Å². The van der Waals surface area contributed by atoms with Gasteiger partial charge in [0.25, 0.3) is 0 Å². The molecule has 0 heterocycles. The molecule has 0 aliphatic rings. The molecule has 0 bridgehead atoms. The van der Waals surface area contributed by atoms with Gasteiger partial charge in [-0.1, -0.05) is 72.3 Å². The van der Waals surface area contributed by atoms with Gasteiger partial charge in [-0.15, -0.1) is 0 Å². The van der Waals surface area contributed by atoms with Crippen LogP contribution >= 0.6 is 0 Å². The lowest BCUT2D eigenvalue weighted by atomic mass is 9.80. The van der Waals surface area contributed by atoms with Gasteiger partial charge in [0.1, 0.15) is 5.92 Å². The molecule has 110 valence electrons. The standard InChI is InChI=1S/C21H16N2/c1-15-9-11-17(12-10-15)21(18(13-22)14-23)20-8-4-6-16-5-2-3-7-19(16)20/h2-12,18,21H,1H3. The minimum absolute atomic E-state index is 0.253. The fourth-order valence-corrected chi connectivity index (χ4v) is 3.02. The molecular weight excluding hydrogens is 280 g/mol. The van der Waals surface area contributed by atoms with E-state index in [1.54, 1.807) is 0 Å². The van der Waals surface area contributed by atoms with E-state index in [0.29, 0.717) is 0 Å². The van der Waals surface area contributed by atoms with Crippen molar-refractivity contribution in [2.75, 3.05) is 0 Å². The first-order valence-corrected chi connectivity index (χ1v) is 7.58. The van der Waals surface area contributed by atoms with Crippen LogP contribution in [0.25, 0.3) is 10.8 Å². The van der Waals surface area contributed by atoms with Crippen LogP contribution in [-0.4, -0.2) is 0 Å². The van der Waals surface area contributed by atoms with Crippen molar-refractivity contribution in [3.63, 3.8) is 0 Å². The summed E-state index contributed by atoms with van der Waals surface area (Å²) >= 11 is 0. The Labute approximate surface area is 136 Å². The molecule has 0 N–H and O–H groups in total. The van der Waals surface area contributed by atoms with Crippen LogP contribution < -0.4 is 0 Å². The molecule has 3 aromatic carbocycles. The molecule has 0 fully saturated rings. The van der Waals surface area contributed by atoms with E-state index in [9.17, 15) is 10.5 Å². The third-order valence-corrected chi connectivity index (χ3v) is 4.21. The molecule has 0 saturated carbocycles. The van der Waals surface area contributed by atoms with E-state index in [1.165, 1.54) is 0 Å². The second-order valence-electron chi connectivity index (χ2n) is 5.69. The Bertz CT molecular complexity index is 892. The normalized spacial score (nSPS) is 11.8. The molecule has 2 heteroatoms. The van der Waals surface area contributed by atoms with Crippen LogP contribution in [0.3, 0.4) is 0 Å². The predicted molar refractivity (Wildman–Crippen MR) is 91.7 cm³/mol. The summed E-state index contributed by atoms with van der Waals surface area (Å²) in [7, 11) is 0. The Balaban J connectivity index is 2.24. The highest BCUT2D eigenvalue weighted by Gasteiger charge is 2.26. The van der Waals surface area contributed by atoms with Crippen molar-refractivity contribution in [1.29, 1.82) is 10.5 Å². The summed E-state index contributed by atoms with van der Waals surface area (Å²) < 4.78 is 0. The fourth-order valence-electron chi connectivity index (χ4n) is 3.02. The first-order valence-electron chi connectivity index (χ1n) is 7.58. The second-order valence-corrected chi connectivity index (χ2v) is 5.69. The quantitative estimate of drug-likeness (QED) is 0.687. The largest absolute Gasteiger partial charge is 0.197 e. The van der Waals surface area contributed by atoms with Crippen LogP contribution in [0.4, 0.5) is 0 Å². The van der Waals surface area contributed by atoms with Crippen molar-refractivity contribution >= 4 is 10.8 Å². The van der Waals surface area contributed by atoms with Gasteiger partial charge in [0.2, 0.25) is 0 Å². The molecular formula is C21H16N2. The van der Waals surface area contributed by atoms with E-state index < -0.39 is 5.92 Å². The van der Waals surface area contributed by atoms with Crippen LogP contribution in [0.2, 0.25) is 0 Å². The number of hydrogen-bond donors (Lipinski definition) is 0. The molecule has 0 aromatic heterocycles. The predicted octanol–water partition coefficient (Wildman–Crippen LogP) is 4.94. The van der Waals surface area contributed by atoms with Gasteiger partial charge in [-0.2, -0.15) is 10.5 Å². The highest BCUT2D eigenvalue weighted by molar-refractivity contribution is 5.86. The van der Waals surface area contributed by atoms with Crippen LogP contribution in [0.15, 0.2) is 66.7 Å². The molecule has 1 unspecified atom stereocenters. The smallest absolute Gasteiger partial charge is 0.144 e. The molecule has 0 saturated heterocycles. The number of nitrogens with zero attached hydrogens (tertiary/aromatic N) is 2. The van der Waals surface area contributed by atoms with Crippen molar-refractivity contribution in [1.82, 2.24) is 0 Å². The van der Waals surface area contributed by atoms with Gasteiger partial charge in [0, 0.05) is 5.92 Å². The van der Waals surface area contributed by atoms with E-state index in [4.69, 9.17) is 0 Å². The van der Waals surface area contributed by atoms with Gasteiger partial charge >= 0.3 is 0 Å². The maximum absolute atomic E-state index is 9.47. The molecule has 0 spiro atoms. The summed E-state index contributed by atoms with van der Waals surface area (Å²) in [5.41, 5.74) is 3.19. The Morgan fingerprint density at radius 3 is 2.13 bits per heavy atom. The Kier molecular flexibility index (Phi) is 4.09. The summed E-state index contributed by atoms with van der Waals surface area (Å²) in [5, 5.41) is 21.2. The average molecular weight is 296 g/mol. The number of rotatable bonds is 3. The summed E-state index contributed by atoms with van der Waals surface area (Å²) in [6, 6.07) is 26.6. The van der Waals surface area contributed by atoms with E-state index >= 15 is 0 Å². The average Bonchev–Trinajstić information content (AvgIpc) is 2.60. The van der Waals surface area contributed by atoms with Crippen molar-refractivity contribution < 1.29 is 0 Å². The van der Waals surface area contributed by atoms with Gasteiger partial charge < -0.3 is 0 Å². The van der Waals surface area contributed by atoms with E-state index in [2.05, 4.69) is 30.3 Å². The molecule has 3 rings (SSSR count). The number of nitriles is 2. The number of aryl methyl sites for hydroxylation is 1. The molecule has 3 aromatic rings. The lowest BCUT2D eigenvalue weighted by Crippen LogP contribution is -2.12. The van der Waals surface area contributed by atoms with E-state index in [0.717, 1.165) is 27.5 Å². The molecule has 0 aliphatic carbocycles. The number of hydrogen-bond acceptors (Lipinski definition) is 2. The zero-order chi connectivity index (χ0) is 16.2. The van der Waals surface area contributed by atoms with Crippen molar-refractivity contribution in [3.05, 3.63) is 83.4 Å². The fraction of sp³-hybridized carbons (Fsp3) is 0.143. The lowest BCUT2D eigenvalue weighted by Gasteiger charge is -2.20. The summed E-state index contributed by atoms with van der Waals surface area (Å²) in [6.45, 7) is 2.03. The van der Waals surface area contributed by atoms with Crippen LogP contribution in [0, 0.1) is 35.5 Å². The Hall–Kier alpha value is -3.10. The van der Waals surface area contributed by atoms with Gasteiger partial charge in [0.05, 0.1) is 12.1 Å². The van der Waals surface area contributed by atoms with Gasteiger partial charge in [-0.05, 0) is 28.8 Å². The SMILES string of the molecule is Cc1ccc(C(c2cccc3ccccc23)C(C#N)C#N)cc1. The zero-order valence-corrected chi connectivity index (χ0v) is 12.9. The zero-order valence-electron chi connectivity index (χ0n) is 12.9. The van der Waals surface area contributed by atoms with Crippen molar-refractivity contribution in [3.8, 4) is 12.1 Å². The van der Waals surface area contributed by atoms with E-state index in [1.807, 2.05) is 55.5 Å². The monoisotopic (exact) mass is 296 g/mol. The van der Waals surface area contributed by atoms with Gasteiger partial charge in [-0.3, -0.25) is 0 Å². The minimum atomic E-state index is -0.719. The highest BCUT2D eigenvalue weighted by atomic mass is 14.4. The topological polar surface area (TPSA) is 47.6 Å². The van der Waals surface area contributed by atoms with Crippen LogP contribution in [0.5, 0.6) is 0 Å². The lowest BCUT2D eigenvalue weighted by molar-refractivity contribution is 0.714.